The summed E-state index contributed by atoms with van der Waals surface area (Å²) in [5.74, 6) is 0. The number of hydrogen-bond acceptors (Lipinski definition) is 0. The van der Waals surface area contributed by atoms with E-state index in [0.29, 0.717) is 0 Å². The van der Waals surface area contributed by atoms with Crippen LogP contribution in [0.1, 0.15) is 6.42 Å². The van der Waals surface area contributed by atoms with Crippen LogP contribution >= 0.6 is 8.20 Å². The minimum atomic E-state index is 1.22. The van der Waals surface area contributed by atoms with Crippen LogP contribution in [-0.4, -0.2) is 6.30 Å². The topological polar surface area (TPSA) is 0 Å². The van der Waals surface area contributed by atoms with E-state index in [1.165, 1.54) is 19.9 Å². The van der Waals surface area contributed by atoms with Crippen molar-refractivity contribution < 1.29 is 0 Å². The quantitative estimate of drug-likeness (QED) is 0.424. The summed E-state index contributed by atoms with van der Waals surface area (Å²) in [5, 5.41) is 1.49. The van der Waals surface area contributed by atoms with Crippen molar-refractivity contribution >= 4 is 14.5 Å². The summed E-state index contributed by atoms with van der Waals surface area (Å²) in [7, 11) is 1.22. The largest absolute Gasteiger partial charge is 0.0809 e. The molecule has 1 aliphatic rings. The Labute approximate surface area is 33.3 Å². The summed E-state index contributed by atoms with van der Waals surface area (Å²) in [6.45, 7) is 0. The first-order chi connectivity index (χ1) is 2.43. The van der Waals surface area contributed by atoms with E-state index in [-0.39, 0.29) is 0 Å². The molecular weight excluding hydrogens is 79.0 g/mol. The molecular formula is C4H5P. The minimum Gasteiger partial charge on any atom is -0.0809 e. The maximum atomic E-state index is 3.65. The van der Waals surface area contributed by atoms with Gasteiger partial charge in [0.2, 0.25) is 0 Å². The van der Waals surface area contributed by atoms with Crippen LogP contribution in [0.25, 0.3) is 0 Å². The number of allylic oxidation sites excluding steroid dienone is 2. The first-order valence-electron chi connectivity index (χ1n) is 1.59. The summed E-state index contributed by atoms with van der Waals surface area (Å²) >= 11 is 0. The lowest BCUT2D eigenvalue weighted by atomic mass is 10.9. The zero-order valence-electron chi connectivity index (χ0n) is 2.94. The summed E-state index contributed by atoms with van der Waals surface area (Å²) in [5.41, 5.74) is 0. The number of rotatable bonds is 1. The van der Waals surface area contributed by atoms with E-state index in [9.17, 15) is 0 Å². The van der Waals surface area contributed by atoms with Crippen molar-refractivity contribution in [3.63, 3.8) is 0 Å². The molecule has 0 aromatic heterocycles. The van der Waals surface area contributed by atoms with Crippen LogP contribution in [0, 0.1) is 0 Å². The molecule has 0 N–H and O–H groups in total. The molecule has 0 saturated heterocycles. The third kappa shape index (κ3) is 0.592. The summed E-state index contributed by atoms with van der Waals surface area (Å²) in [6.07, 6.45) is 7.07. The molecule has 1 heteroatoms. The molecule has 0 aliphatic heterocycles. The van der Waals surface area contributed by atoms with Gasteiger partial charge in [0.05, 0.1) is 0 Å². The molecule has 5 heavy (non-hydrogen) atoms. The van der Waals surface area contributed by atoms with Crippen molar-refractivity contribution in [1.29, 1.82) is 0 Å². The predicted octanol–water partition coefficient (Wildman–Crippen LogP) is 1.65. The fourth-order valence-electron chi connectivity index (χ4n) is 0.175. The summed E-state index contributed by atoms with van der Waals surface area (Å²) in [6, 6.07) is 0. The van der Waals surface area contributed by atoms with E-state index in [0.717, 1.165) is 0 Å². The van der Waals surface area contributed by atoms with Crippen molar-refractivity contribution in [1.82, 2.24) is 0 Å². The van der Waals surface area contributed by atoms with Gasteiger partial charge < -0.3 is 0 Å². The zero-order valence-corrected chi connectivity index (χ0v) is 3.83. The van der Waals surface area contributed by atoms with Crippen LogP contribution in [0.5, 0.6) is 0 Å². The van der Waals surface area contributed by atoms with Crippen LogP contribution in [-0.2, 0) is 0 Å². The lowest BCUT2D eigenvalue weighted by Gasteiger charge is -1.55. The Hall–Kier alpha value is -0.0900. The van der Waals surface area contributed by atoms with Gasteiger partial charge in [0.25, 0.3) is 0 Å². The third-order valence-corrected chi connectivity index (χ3v) is 1.36. The van der Waals surface area contributed by atoms with E-state index >= 15 is 0 Å². The molecule has 0 atom stereocenters. The van der Waals surface area contributed by atoms with Crippen LogP contribution in [0.2, 0.25) is 0 Å². The zero-order chi connectivity index (χ0) is 3.70. The van der Waals surface area contributed by atoms with E-state index in [1.807, 2.05) is 0 Å². The lowest BCUT2D eigenvalue weighted by Crippen LogP contribution is -1.22. The highest BCUT2D eigenvalue weighted by Crippen LogP contribution is 2.28. The van der Waals surface area contributed by atoms with Crippen molar-refractivity contribution in [3.8, 4) is 0 Å². The average molecular weight is 84.1 g/mol. The Morgan fingerprint density at radius 1 is 2.00 bits per heavy atom. The summed E-state index contributed by atoms with van der Waals surface area (Å²) in [4.78, 5) is 0. The fourth-order valence-corrected chi connectivity index (χ4v) is 0.524. The van der Waals surface area contributed by atoms with Crippen LogP contribution in [0.15, 0.2) is 11.4 Å². The molecule has 0 aromatic carbocycles. The molecule has 0 aromatic rings. The highest BCUT2D eigenvalue weighted by Gasteiger charge is 1.98. The SMILES string of the molecule is C=PC1=CC1. The standard InChI is InChI=1S/C4H5P/c1-5-4-2-3-4/h2H,1,3H2. The van der Waals surface area contributed by atoms with Gasteiger partial charge in [-0.2, -0.15) is 0 Å². The van der Waals surface area contributed by atoms with Gasteiger partial charge in [-0.25, -0.2) is 0 Å². The first kappa shape index (κ1) is 3.11. The molecule has 0 bridgehead atoms. The van der Waals surface area contributed by atoms with Gasteiger partial charge in [0.1, 0.15) is 0 Å². The Bertz CT molecular complexity index is 78.9. The maximum absolute atomic E-state index is 3.65. The minimum absolute atomic E-state index is 1.22. The van der Waals surface area contributed by atoms with Crippen molar-refractivity contribution in [3.05, 3.63) is 11.4 Å². The van der Waals surface area contributed by atoms with Gasteiger partial charge in [0.15, 0.2) is 0 Å². The molecule has 1 aliphatic carbocycles. The second-order valence-electron chi connectivity index (χ2n) is 1.06. The van der Waals surface area contributed by atoms with E-state index < -0.39 is 0 Å². The van der Waals surface area contributed by atoms with Crippen molar-refractivity contribution in [2.75, 3.05) is 0 Å². The normalized spacial score (nSPS) is 18.8. The Balaban J connectivity index is 2.49. The van der Waals surface area contributed by atoms with Crippen molar-refractivity contribution in [2.24, 2.45) is 0 Å². The van der Waals surface area contributed by atoms with E-state index in [1.54, 1.807) is 0 Å². The lowest BCUT2D eigenvalue weighted by molar-refractivity contribution is 1.68. The predicted molar refractivity (Wildman–Crippen MR) is 26.7 cm³/mol. The molecule has 0 saturated carbocycles. The molecule has 1 rings (SSSR count). The van der Waals surface area contributed by atoms with Crippen LogP contribution in [0.3, 0.4) is 0 Å². The Kier molecular flexibility index (Phi) is 0.590. The van der Waals surface area contributed by atoms with Gasteiger partial charge in [0, 0.05) is 0 Å². The Morgan fingerprint density at radius 2 is 2.60 bits per heavy atom. The van der Waals surface area contributed by atoms with Gasteiger partial charge >= 0.3 is 0 Å². The van der Waals surface area contributed by atoms with Gasteiger partial charge in [-0.05, 0) is 11.7 Å². The maximum Gasteiger partial charge on any atom is -0.00476 e. The fraction of sp³-hybridized carbons (Fsp3) is 0.250. The monoisotopic (exact) mass is 84.0 g/mol. The average Bonchev–Trinajstić information content (AvgIpc) is 2.12. The molecule has 0 unspecified atom stereocenters. The van der Waals surface area contributed by atoms with E-state index in [2.05, 4.69) is 12.4 Å². The molecule has 0 spiro atoms. The van der Waals surface area contributed by atoms with Crippen LogP contribution < -0.4 is 0 Å². The second-order valence-corrected chi connectivity index (χ2v) is 1.95. The smallest absolute Gasteiger partial charge is 0.00476 e. The third-order valence-electron chi connectivity index (χ3n) is 0.590. The first-order valence-corrected chi connectivity index (χ1v) is 2.67. The molecule has 0 amide bonds. The van der Waals surface area contributed by atoms with Crippen molar-refractivity contribution in [2.45, 2.75) is 6.42 Å². The molecule has 0 heterocycles. The molecule has 26 valence electrons. The van der Waals surface area contributed by atoms with Gasteiger partial charge in [-0.3, -0.25) is 0 Å². The Morgan fingerprint density at radius 3 is 2.60 bits per heavy atom. The molecule has 0 radical (unpaired) electrons. The van der Waals surface area contributed by atoms with Gasteiger partial charge in [-0.15, -0.1) is 0 Å². The summed E-state index contributed by atoms with van der Waals surface area (Å²) < 4.78 is 0. The second kappa shape index (κ2) is 0.948. The molecule has 0 fully saturated rings. The van der Waals surface area contributed by atoms with Crippen LogP contribution in [0.4, 0.5) is 0 Å². The highest BCUT2D eigenvalue weighted by atomic mass is 31.1. The van der Waals surface area contributed by atoms with E-state index in [4.69, 9.17) is 0 Å². The molecule has 0 nitrogen and oxygen atoms in total. The highest BCUT2D eigenvalue weighted by molar-refractivity contribution is 7.42. The number of hydrogen-bond donors (Lipinski definition) is 0. The van der Waals surface area contributed by atoms with Gasteiger partial charge in [-0.1, -0.05) is 20.6 Å².